The van der Waals surface area contributed by atoms with Gasteiger partial charge in [0.2, 0.25) is 5.82 Å². The molecule has 3 N–H and O–H groups in total. The molecule has 6 nitrogen and oxygen atoms in total. The zero-order valence-corrected chi connectivity index (χ0v) is 11.8. The molecule has 0 aromatic carbocycles. The molecular formula is C13H23N5O. The van der Waals surface area contributed by atoms with Gasteiger partial charge in [0.05, 0.1) is 0 Å². The van der Waals surface area contributed by atoms with Crippen molar-refractivity contribution < 1.29 is 4.79 Å². The third-order valence-corrected chi connectivity index (χ3v) is 3.58. The molecule has 2 rings (SSSR count). The van der Waals surface area contributed by atoms with Crippen molar-refractivity contribution in [3.05, 3.63) is 11.6 Å². The van der Waals surface area contributed by atoms with Gasteiger partial charge in [-0.15, -0.1) is 5.10 Å². The first-order chi connectivity index (χ1) is 9.13. The highest BCUT2D eigenvalue weighted by molar-refractivity contribution is 5.90. The maximum atomic E-state index is 12.0. The van der Waals surface area contributed by atoms with Crippen LogP contribution in [0.4, 0.5) is 0 Å². The molecule has 1 aliphatic rings. The van der Waals surface area contributed by atoms with E-state index in [4.69, 9.17) is 0 Å². The van der Waals surface area contributed by atoms with Crippen LogP contribution in [0.2, 0.25) is 0 Å². The molecule has 1 saturated heterocycles. The molecule has 0 aliphatic carbocycles. The van der Waals surface area contributed by atoms with Crippen molar-refractivity contribution in [2.75, 3.05) is 19.6 Å². The second-order valence-electron chi connectivity index (χ2n) is 5.63. The lowest BCUT2D eigenvalue weighted by molar-refractivity contribution is 0.0914. The van der Waals surface area contributed by atoms with Crippen molar-refractivity contribution in [3.8, 4) is 0 Å². The Balaban J connectivity index is 1.86. The number of H-pyrrole nitrogens is 1. The average molecular weight is 265 g/mol. The number of nitrogens with one attached hydrogen (secondary N) is 3. The van der Waals surface area contributed by atoms with Gasteiger partial charge in [0.1, 0.15) is 5.82 Å². The maximum absolute atomic E-state index is 12.0. The molecule has 1 aromatic heterocycles. The Morgan fingerprint density at radius 1 is 1.53 bits per heavy atom. The van der Waals surface area contributed by atoms with Crippen LogP contribution in [0, 0.1) is 5.41 Å². The SMILES string of the molecule is CCCc1nc(C(=O)NCC2(C)CCCNC2)n[nH]1. The van der Waals surface area contributed by atoms with E-state index in [2.05, 4.69) is 39.7 Å². The monoisotopic (exact) mass is 265 g/mol. The van der Waals surface area contributed by atoms with Crippen LogP contribution in [0.1, 0.15) is 49.6 Å². The Morgan fingerprint density at radius 3 is 3.05 bits per heavy atom. The van der Waals surface area contributed by atoms with Crippen LogP contribution >= 0.6 is 0 Å². The molecule has 0 radical (unpaired) electrons. The number of hydrogen-bond donors (Lipinski definition) is 3. The number of hydrogen-bond acceptors (Lipinski definition) is 4. The molecule has 1 atom stereocenters. The van der Waals surface area contributed by atoms with E-state index in [0.717, 1.165) is 44.6 Å². The summed E-state index contributed by atoms with van der Waals surface area (Å²) in [6.45, 7) is 6.95. The van der Waals surface area contributed by atoms with E-state index in [1.165, 1.54) is 0 Å². The second-order valence-corrected chi connectivity index (χ2v) is 5.63. The number of amides is 1. The van der Waals surface area contributed by atoms with Crippen LogP contribution in [0.5, 0.6) is 0 Å². The van der Waals surface area contributed by atoms with Gasteiger partial charge in [-0.05, 0) is 31.2 Å². The van der Waals surface area contributed by atoms with Crippen LogP contribution in [-0.4, -0.2) is 40.7 Å². The summed E-state index contributed by atoms with van der Waals surface area (Å²) in [6, 6.07) is 0. The third kappa shape index (κ3) is 3.76. The number of piperidine rings is 1. The average Bonchev–Trinajstić information content (AvgIpc) is 2.86. The van der Waals surface area contributed by atoms with E-state index in [9.17, 15) is 4.79 Å². The highest BCUT2D eigenvalue weighted by Crippen LogP contribution is 2.24. The van der Waals surface area contributed by atoms with Gasteiger partial charge in [-0.25, -0.2) is 4.98 Å². The van der Waals surface area contributed by atoms with Gasteiger partial charge in [0.15, 0.2) is 0 Å². The van der Waals surface area contributed by atoms with Gasteiger partial charge in [-0.3, -0.25) is 9.89 Å². The number of aryl methyl sites for hydroxylation is 1. The fraction of sp³-hybridized carbons (Fsp3) is 0.769. The molecule has 6 heteroatoms. The minimum absolute atomic E-state index is 0.135. The summed E-state index contributed by atoms with van der Waals surface area (Å²) < 4.78 is 0. The zero-order valence-electron chi connectivity index (χ0n) is 11.8. The van der Waals surface area contributed by atoms with Crippen molar-refractivity contribution in [2.24, 2.45) is 5.41 Å². The van der Waals surface area contributed by atoms with Crippen LogP contribution < -0.4 is 10.6 Å². The third-order valence-electron chi connectivity index (χ3n) is 3.58. The maximum Gasteiger partial charge on any atom is 0.290 e. The van der Waals surface area contributed by atoms with E-state index >= 15 is 0 Å². The van der Waals surface area contributed by atoms with E-state index < -0.39 is 0 Å². The molecule has 19 heavy (non-hydrogen) atoms. The standard InChI is InChI=1S/C13H23N5O/c1-3-5-10-16-11(18-17-10)12(19)15-9-13(2)6-4-7-14-8-13/h14H,3-9H2,1-2H3,(H,15,19)(H,16,17,18). The van der Waals surface area contributed by atoms with Crippen LogP contribution in [0.15, 0.2) is 0 Å². The summed E-state index contributed by atoms with van der Waals surface area (Å²) in [4.78, 5) is 16.2. The largest absolute Gasteiger partial charge is 0.349 e. The van der Waals surface area contributed by atoms with E-state index in [0.29, 0.717) is 6.54 Å². The van der Waals surface area contributed by atoms with E-state index in [-0.39, 0.29) is 17.1 Å². The summed E-state index contributed by atoms with van der Waals surface area (Å²) in [6.07, 6.45) is 4.10. The zero-order chi connectivity index (χ0) is 13.7. The number of carbonyl (C=O) groups excluding carboxylic acids is 1. The van der Waals surface area contributed by atoms with Crippen LogP contribution in [-0.2, 0) is 6.42 Å². The van der Waals surface area contributed by atoms with Crippen molar-refractivity contribution in [2.45, 2.75) is 39.5 Å². The van der Waals surface area contributed by atoms with Gasteiger partial charge in [0.25, 0.3) is 5.91 Å². The van der Waals surface area contributed by atoms with Crippen molar-refractivity contribution >= 4 is 5.91 Å². The predicted molar refractivity (Wildman–Crippen MR) is 72.9 cm³/mol. The highest BCUT2D eigenvalue weighted by Gasteiger charge is 2.27. The minimum Gasteiger partial charge on any atom is -0.349 e. The Hall–Kier alpha value is -1.43. The van der Waals surface area contributed by atoms with E-state index in [1.54, 1.807) is 0 Å². The van der Waals surface area contributed by atoms with Gasteiger partial charge in [-0.2, -0.15) is 0 Å². The first-order valence-electron chi connectivity index (χ1n) is 7.03. The smallest absolute Gasteiger partial charge is 0.290 e. The molecule has 0 spiro atoms. The molecule has 0 saturated carbocycles. The minimum atomic E-state index is -0.189. The molecule has 1 unspecified atom stereocenters. The Morgan fingerprint density at radius 2 is 2.37 bits per heavy atom. The molecule has 1 aliphatic heterocycles. The first kappa shape index (κ1) is 14.0. The Bertz CT molecular complexity index is 422. The quantitative estimate of drug-likeness (QED) is 0.738. The molecular weight excluding hydrogens is 242 g/mol. The summed E-state index contributed by atoms with van der Waals surface area (Å²) >= 11 is 0. The van der Waals surface area contributed by atoms with E-state index in [1.807, 2.05) is 0 Å². The summed E-state index contributed by atoms with van der Waals surface area (Å²) in [5, 5.41) is 13.1. The summed E-state index contributed by atoms with van der Waals surface area (Å²) in [7, 11) is 0. The Labute approximate surface area is 113 Å². The molecule has 106 valence electrons. The normalized spacial score (nSPS) is 23.3. The van der Waals surface area contributed by atoms with Crippen molar-refractivity contribution in [3.63, 3.8) is 0 Å². The van der Waals surface area contributed by atoms with Crippen LogP contribution in [0.3, 0.4) is 0 Å². The van der Waals surface area contributed by atoms with Gasteiger partial charge in [0, 0.05) is 19.5 Å². The van der Waals surface area contributed by atoms with Crippen molar-refractivity contribution in [1.82, 2.24) is 25.8 Å². The number of carbonyl (C=O) groups is 1. The molecule has 1 fully saturated rings. The molecule has 1 amide bonds. The number of aromatic nitrogens is 3. The summed E-state index contributed by atoms with van der Waals surface area (Å²) in [5.41, 5.74) is 0.135. The molecule has 2 heterocycles. The van der Waals surface area contributed by atoms with Crippen molar-refractivity contribution in [1.29, 1.82) is 0 Å². The predicted octanol–water partition coefficient (Wildman–Crippen LogP) is 0.877. The lowest BCUT2D eigenvalue weighted by Gasteiger charge is -2.34. The molecule has 1 aromatic rings. The number of rotatable bonds is 5. The van der Waals surface area contributed by atoms with Gasteiger partial charge < -0.3 is 10.6 Å². The lowest BCUT2D eigenvalue weighted by Crippen LogP contribution is -2.45. The Kier molecular flexibility index (Phi) is 4.52. The highest BCUT2D eigenvalue weighted by atomic mass is 16.2. The van der Waals surface area contributed by atoms with Crippen LogP contribution in [0.25, 0.3) is 0 Å². The fourth-order valence-electron chi connectivity index (χ4n) is 2.39. The topological polar surface area (TPSA) is 82.7 Å². The fourth-order valence-corrected chi connectivity index (χ4v) is 2.39. The second kappa shape index (κ2) is 6.14. The summed E-state index contributed by atoms with van der Waals surface area (Å²) in [5.74, 6) is 0.833. The van der Waals surface area contributed by atoms with Gasteiger partial charge in [-0.1, -0.05) is 13.8 Å². The van der Waals surface area contributed by atoms with Gasteiger partial charge >= 0.3 is 0 Å². The molecule has 0 bridgehead atoms. The number of aromatic amines is 1. The number of nitrogens with zero attached hydrogens (tertiary/aromatic N) is 2. The first-order valence-corrected chi connectivity index (χ1v) is 7.03. The lowest BCUT2D eigenvalue weighted by atomic mass is 9.83.